The monoisotopic (exact) mass is 249 g/mol. The summed E-state index contributed by atoms with van der Waals surface area (Å²) in [5.74, 6) is 0.992. The minimum Gasteiger partial charge on any atom is -0.376 e. The van der Waals surface area contributed by atoms with E-state index in [4.69, 9.17) is 10.5 Å². The Labute approximate surface area is 109 Å². The Morgan fingerprint density at radius 3 is 2.94 bits per heavy atom. The number of hydrogen-bond acceptors (Lipinski definition) is 4. The molecule has 100 valence electrons. The van der Waals surface area contributed by atoms with Crippen molar-refractivity contribution in [2.45, 2.75) is 38.8 Å². The zero-order valence-electron chi connectivity index (χ0n) is 11.4. The zero-order valence-corrected chi connectivity index (χ0v) is 11.4. The maximum Gasteiger partial charge on any atom is 0.133 e. The fourth-order valence-electron chi connectivity index (χ4n) is 2.40. The number of pyridine rings is 1. The van der Waals surface area contributed by atoms with Crippen LogP contribution in [-0.2, 0) is 11.3 Å². The molecule has 0 amide bonds. The van der Waals surface area contributed by atoms with Crippen LogP contribution in [0.15, 0.2) is 12.1 Å². The molecule has 2 heterocycles. The predicted octanol–water partition coefficient (Wildman–Crippen LogP) is 1.85. The summed E-state index contributed by atoms with van der Waals surface area (Å²) in [6, 6.07) is 4.08. The molecule has 1 aliphatic rings. The van der Waals surface area contributed by atoms with Gasteiger partial charge in [-0.2, -0.15) is 0 Å². The maximum atomic E-state index is 5.77. The summed E-state index contributed by atoms with van der Waals surface area (Å²) < 4.78 is 5.77. The number of anilines is 1. The van der Waals surface area contributed by atoms with E-state index in [0.29, 0.717) is 12.6 Å². The van der Waals surface area contributed by atoms with E-state index in [1.54, 1.807) is 0 Å². The highest BCUT2D eigenvalue weighted by atomic mass is 16.5. The number of hydrogen-bond donors (Lipinski definition) is 1. The van der Waals surface area contributed by atoms with Crippen molar-refractivity contribution < 1.29 is 4.74 Å². The van der Waals surface area contributed by atoms with Crippen LogP contribution in [0.5, 0.6) is 0 Å². The van der Waals surface area contributed by atoms with Gasteiger partial charge < -0.3 is 15.4 Å². The average molecular weight is 249 g/mol. The minimum atomic E-state index is 0.330. The molecule has 2 rings (SSSR count). The first-order valence-corrected chi connectivity index (χ1v) is 6.70. The van der Waals surface area contributed by atoms with Gasteiger partial charge in [0, 0.05) is 38.0 Å². The lowest BCUT2D eigenvalue weighted by atomic mass is 10.1. The largest absolute Gasteiger partial charge is 0.376 e. The highest BCUT2D eigenvalue weighted by molar-refractivity contribution is 5.47. The first-order chi connectivity index (χ1) is 8.70. The van der Waals surface area contributed by atoms with Gasteiger partial charge in [-0.1, -0.05) is 6.07 Å². The Morgan fingerprint density at radius 2 is 2.28 bits per heavy atom. The van der Waals surface area contributed by atoms with Crippen LogP contribution in [0.3, 0.4) is 0 Å². The number of nitrogens with two attached hydrogens (primary N) is 1. The van der Waals surface area contributed by atoms with E-state index in [1.807, 2.05) is 13.0 Å². The zero-order chi connectivity index (χ0) is 13.0. The highest BCUT2D eigenvalue weighted by Gasteiger charge is 2.18. The van der Waals surface area contributed by atoms with Crippen molar-refractivity contribution in [2.75, 3.05) is 25.1 Å². The molecule has 1 saturated heterocycles. The molecule has 4 nitrogen and oxygen atoms in total. The standard InChI is InChI=1S/C14H23N3O/c1-11-6-7-12(9-15)14(16-11)17(2)10-13-5-3-4-8-18-13/h6-7,13H,3-5,8-10,15H2,1-2H3. The molecule has 0 saturated carbocycles. The molecular weight excluding hydrogens is 226 g/mol. The van der Waals surface area contributed by atoms with Crippen LogP contribution in [0.1, 0.15) is 30.5 Å². The molecule has 1 aromatic rings. The van der Waals surface area contributed by atoms with Crippen LogP contribution < -0.4 is 10.6 Å². The summed E-state index contributed by atoms with van der Waals surface area (Å²) >= 11 is 0. The van der Waals surface area contributed by atoms with Gasteiger partial charge in [-0.15, -0.1) is 0 Å². The third-order valence-corrected chi connectivity index (χ3v) is 3.43. The molecule has 4 heteroatoms. The summed E-state index contributed by atoms with van der Waals surface area (Å²) in [5.41, 5.74) is 7.90. The first-order valence-electron chi connectivity index (χ1n) is 6.70. The van der Waals surface area contributed by atoms with Crippen molar-refractivity contribution in [1.29, 1.82) is 0 Å². The molecule has 1 aliphatic heterocycles. The van der Waals surface area contributed by atoms with E-state index < -0.39 is 0 Å². The van der Waals surface area contributed by atoms with Gasteiger partial charge in [0.05, 0.1) is 6.10 Å². The van der Waals surface area contributed by atoms with Crippen LogP contribution in [0.25, 0.3) is 0 Å². The molecule has 1 unspecified atom stereocenters. The Bertz CT molecular complexity index is 389. The van der Waals surface area contributed by atoms with Gasteiger partial charge in [0.1, 0.15) is 5.82 Å². The molecule has 2 N–H and O–H groups in total. The van der Waals surface area contributed by atoms with Crippen LogP contribution in [0, 0.1) is 6.92 Å². The fourth-order valence-corrected chi connectivity index (χ4v) is 2.40. The van der Waals surface area contributed by atoms with E-state index >= 15 is 0 Å². The average Bonchev–Trinajstić information content (AvgIpc) is 2.40. The fraction of sp³-hybridized carbons (Fsp3) is 0.643. The number of nitrogens with zero attached hydrogens (tertiary/aromatic N) is 2. The Kier molecular flexibility index (Phi) is 4.55. The SMILES string of the molecule is Cc1ccc(CN)c(N(C)CC2CCCCO2)n1. The normalized spacial score (nSPS) is 19.8. The van der Waals surface area contributed by atoms with Crippen molar-refractivity contribution in [1.82, 2.24) is 4.98 Å². The predicted molar refractivity (Wildman–Crippen MR) is 73.7 cm³/mol. The molecule has 0 aliphatic carbocycles. The van der Waals surface area contributed by atoms with Gasteiger partial charge in [-0.05, 0) is 32.3 Å². The van der Waals surface area contributed by atoms with Crippen LogP contribution >= 0.6 is 0 Å². The van der Waals surface area contributed by atoms with Crippen molar-refractivity contribution in [3.05, 3.63) is 23.4 Å². The summed E-state index contributed by atoms with van der Waals surface area (Å²) in [6.07, 6.45) is 3.94. The number of likely N-dealkylation sites (N-methyl/N-ethyl adjacent to an activating group) is 1. The quantitative estimate of drug-likeness (QED) is 0.885. The van der Waals surface area contributed by atoms with E-state index in [-0.39, 0.29) is 0 Å². The molecule has 0 spiro atoms. The van der Waals surface area contributed by atoms with E-state index in [2.05, 4.69) is 23.0 Å². The molecule has 0 bridgehead atoms. The van der Waals surface area contributed by atoms with Gasteiger partial charge >= 0.3 is 0 Å². The van der Waals surface area contributed by atoms with Crippen molar-refractivity contribution in [2.24, 2.45) is 5.73 Å². The molecule has 0 aromatic carbocycles. The lowest BCUT2D eigenvalue weighted by molar-refractivity contribution is 0.0215. The van der Waals surface area contributed by atoms with Crippen molar-refractivity contribution >= 4 is 5.82 Å². The van der Waals surface area contributed by atoms with Gasteiger partial charge in [-0.25, -0.2) is 4.98 Å². The summed E-state index contributed by atoms with van der Waals surface area (Å²) in [4.78, 5) is 6.77. The second-order valence-corrected chi connectivity index (χ2v) is 5.01. The van der Waals surface area contributed by atoms with Gasteiger partial charge in [0.2, 0.25) is 0 Å². The lowest BCUT2D eigenvalue weighted by Gasteiger charge is -2.29. The molecule has 1 aromatic heterocycles. The topological polar surface area (TPSA) is 51.4 Å². The van der Waals surface area contributed by atoms with Crippen LogP contribution in [0.2, 0.25) is 0 Å². The third kappa shape index (κ3) is 3.21. The summed E-state index contributed by atoms with van der Waals surface area (Å²) in [6.45, 7) is 4.32. The van der Waals surface area contributed by atoms with Crippen LogP contribution in [0.4, 0.5) is 5.82 Å². The molecular formula is C14H23N3O. The number of aromatic nitrogens is 1. The van der Waals surface area contributed by atoms with Crippen molar-refractivity contribution in [3.63, 3.8) is 0 Å². The van der Waals surface area contributed by atoms with E-state index in [1.165, 1.54) is 12.8 Å². The summed E-state index contributed by atoms with van der Waals surface area (Å²) in [7, 11) is 2.07. The molecule has 0 radical (unpaired) electrons. The number of rotatable bonds is 4. The van der Waals surface area contributed by atoms with Gasteiger partial charge in [0.15, 0.2) is 0 Å². The number of ether oxygens (including phenoxy) is 1. The van der Waals surface area contributed by atoms with Crippen molar-refractivity contribution in [3.8, 4) is 0 Å². The maximum absolute atomic E-state index is 5.77. The Morgan fingerprint density at radius 1 is 1.44 bits per heavy atom. The molecule has 18 heavy (non-hydrogen) atoms. The van der Waals surface area contributed by atoms with Gasteiger partial charge in [-0.3, -0.25) is 0 Å². The highest BCUT2D eigenvalue weighted by Crippen LogP contribution is 2.20. The second-order valence-electron chi connectivity index (χ2n) is 5.01. The number of aryl methyl sites for hydroxylation is 1. The Balaban J connectivity index is 2.07. The molecule has 1 fully saturated rings. The Hall–Kier alpha value is -1.13. The third-order valence-electron chi connectivity index (χ3n) is 3.43. The van der Waals surface area contributed by atoms with E-state index in [0.717, 1.165) is 36.6 Å². The molecule has 1 atom stereocenters. The summed E-state index contributed by atoms with van der Waals surface area (Å²) in [5, 5.41) is 0. The minimum absolute atomic E-state index is 0.330. The second kappa shape index (κ2) is 6.16. The first kappa shape index (κ1) is 13.3. The van der Waals surface area contributed by atoms with Gasteiger partial charge in [0.25, 0.3) is 0 Å². The lowest BCUT2D eigenvalue weighted by Crippen LogP contribution is -2.34. The smallest absolute Gasteiger partial charge is 0.133 e. The van der Waals surface area contributed by atoms with E-state index in [9.17, 15) is 0 Å². The van der Waals surface area contributed by atoms with Crippen LogP contribution in [-0.4, -0.2) is 31.3 Å².